The van der Waals surface area contributed by atoms with Crippen molar-refractivity contribution in [1.82, 2.24) is 4.90 Å². The van der Waals surface area contributed by atoms with E-state index in [9.17, 15) is 9.90 Å². The minimum absolute atomic E-state index is 0.101. The molecular weight excluding hydrogens is 342 g/mol. The van der Waals surface area contributed by atoms with Gasteiger partial charge >= 0.3 is 0 Å². The van der Waals surface area contributed by atoms with E-state index in [1.54, 1.807) is 12.1 Å². The normalized spacial score (nSPS) is 26.1. The minimum Gasteiger partial charge on any atom is -0.508 e. The predicted molar refractivity (Wildman–Crippen MR) is 100 cm³/mol. The molecule has 2 aromatic carbocycles. The SMILES string of the molecule is O=C(c1ccc2c(c1)OCCO2)N1[C@@H]2CC[C@H]1CC(c1ccc(O)cc1)C2. The topological polar surface area (TPSA) is 59.0 Å². The highest BCUT2D eigenvalue weighted by Gasteiger charge is 2.43. The average molecular weight is 365 g/mol. The van der Waals surface area contributed by atoms with E-state index in [-0.39, 0.29) is 18.0 Å². The third-order valence-electron chi connectivity index (χ3n) is 6.12. The number of rotatable bonds is 2. The van der Waals surface area contributed by atoms with Crippen molar-refractivity contribution in [3.05, 3.63) is 53.6 Å². The van der Waals surface area contributed by atoms with E-state index in [1.165, 1.54) is 5.56 Å². The molecule has 0 aromatic heterocycles. The predicted octanol–water partition coefficient (Wildman–Crippen LogP) is 3.71. The van der Waals surface area contributed by atoms with Gasteiger partial charge in [0.2, 0.25) is 0 Å². The fourth-order valence-corrected chi connectivity index (χ4v) is 4.85. The molecule has 5 nitrogen and oxygen atoms in total. The molecule has 1 amide bonds. The van der Waals surface area contributed by atoms with Crippen LogP contribution in [0, 0.1) is 0 Å². The van der Waals surface area contributed by atoms with Crippen LogP contribution in [0.4, 0.5) is 0 Å². The monoisotopic (exact) mass is 365 g/mol. The number of carbonyl (C=O) groups excluding carboxylic acids is 1. The molecule has 140 valence electrons. The molecule has 3 aliphatic heterocycles. The summed E-state index contributed by atoms with van der Waals surface area (Å²) in [6.45, 7) is 1.07. The Bertz CT molecular complexity index is 849. The lowest BCUT2D eigenvalue weighted by molar-refractivity contribution is 0.0570. The van der Waals surface area contributed by atoms with E-state index in [2.05, 4.69) is 4.90 Å². The van der Waals surface area contributed by atoms with Crippen LogP contribution in [0.5, 0.6) is 17.2 Å². The summed E-state index contributed by atoms with van der Waals surface area (Å²) in [6, 6.07) is 13.6. The molecule has 1 N–H and O–H groups in total. The van der Waals surface area contributed by atoms with Crippen molar-refractivity contribution in [2.75, 3.05) is 13.2 Å². The molecule has 3 heterocycles. The summed E-state index contributed by atoms with van der Waals surface area (Å²) < 4.78 is 11.2. The molecule has 0 saturated carbocycles. The van der Waals surface area contributed by atoms with Crippen LogP contribution in [-0.4, -0.2) is 41.2 Å². The number of benzene rings is 2. The number of piperidine rings is 1. The molecule has 2 fully saturated rings. The molecule has 0 radical (unpaired) electrons. The number of nitrogens with zero attached hydrogens (tertiary/aromatic N) is 1. The Morgan fingerprint density at radius 3 is 2.30 bits per heavy atom. The van der Waals surface area contributed by atoms with Gasteiger partial charge < -0.3 is 19.5 Å². The van der Waals surface area contributed by atoms with Crippen molar-refractivity contribution in [2.24, 2.45) is 0 Å². The summed E-state index contributed by atoms with van der Waals surface area (Å²) in [6.07, 6.45) is 4.10. The first-order valence-corrected chi connectivity index (χ1v) is 9.70. The van der Waals surface area contributed by atoms with Gasteiger partial charge in [-0.05, 0) is 67.5 Å². The Balaban J connectivity index is 1.36. The lowest BCUT2D eigenvalue weighted by Crippen LogP contribution is -2.46. The molecule has 5 heteroatoms. The van der Waals surface area contributed by atoms with Crippen LogP contribution in [0.1, 0.15) is 47.5 Å². The van der Waals surface area contributed by atoms with Gasteiger partial charge in [-0.1, -0.05) is 12.1 Å². The van der Waals surface area contributed by atoms with Gasteiger partial charge in [-0.2, -0.15) is 0 Å². The third kappa shape index (κ3) is 2.91. The van der Waals surface area contributed by atoms with Crippen molar-refractivity contribution in [3.63, 3.8) is 0 Å². The van der Waals surface area contributed by atoms with Crippen LogP contribution < -0.4 is 9.47 Å². The number of fused-ring (bicyclic) bond motifs is 3. The van der Waals surface area contributed by atoms with Crippen molar-refractivity contribution in [1.29, 1.82) is 0 Å². The van der Waals surface area contributed by atoms with E-state index in [1.807, 2.05) is 30.3 Å². The van der Waals surface area contributed by atoms with Gasteiger partial charge in [0.1, 0.15) is 19.0 Å². The van der Waals surface area contributed by atoms with Gasteiger partial charge in [0.15, 0.2) is 11.5 Å². The van der Waals surface area contributed by atoms with E-state index in [4.69, 9.17) is 9.47 Å². The number of carbonyl (C=O) groups is 1. The Morgan fingerprint density at radius 2 is 1.59 bits per heavy atom. The number of aromatic hydroxyl groups is 1. The highest BCUT2D eigenvalue weighted by molar-refractivity contribution is 5.95. The molecule has 3 aliphatic rings. The molecule has 2 aromatic rings. The first kappa shape index (κ1) is 16.5. The number of ether oxygens (including phenoxy) is 2. The lowest BCUT2D eigenvalue weighted by atomic mass is 9.84. The largest absolute Gasteiger partial charge is 0.508 e. The maximum Gasteiger partial charge on any atom is 0.254 e. The second kappa shape index (κ2) is 6.48. The smallest absolute Gasteiger partial charge is 0.254 e. The van der Waals surface area contributed by atoms with Gasteiger partial charge in [0.25, 0.3) is 5.91 Å². The second-order valence-corrected chi connectivity index (χ2v) is 7.72. The lowest BCUT2D eigenvalue weighted by Gasteiger charge is -2.39. The fraction of sp³-hybridized carbons (Fsp3) is 0.409. The van der Waals surface area contributed by atoms with E-state index in [0.717, 1.165) is 25.7 Å². The summed E-state index contributed by atoms with van der Waals surface area (Å²) in [4.78, 5) is 15.3. The minimum atomic E-state index is 0.101. The van der Waals surface area contributed by atoms with Crippen LogP contribution in [0.2, 0.25) is 0 Å². The van der Waals surface area contributed by atoms with Crippen LogP contribution in [0.3, 0.4) is 0 Å². The summed E-state index contributed by atoms with van der Waals surface area (Å²) in [5, 5.41) is 9.52. The van der Waals surface area contributed by atoms with Crippen LogP contribution in [0.25, 0.3) is 0 Å². The number of amides is 1. The third-order valence-corrected chi connectivity index (χ3v) is 6.12. The zero-order chi connectivity index (χ0) is 18.4. The molecule has 0 spiro atoms. The number of phenols is 1. The number of phenolic OH excluding ortho intramolecular Hbond substituents is 1. The average Bonchev–Trinajstić information content (AvgIpc) is 2.97. The maximum absolute atomic E-state index is 13.2. The Hall–Kier alpha value is -2.69. The molecule has 3 atom stereocenters. The summed E-state index contributed by atoms with van der Waals surface area (Å²) >= 11 is 0. The van der Waals surface area contributed by atoms with E-state index >= 15 is 0 Å². The first-order valence-electron chi connectivity index (χ1n) is 9.70. The van der Waals surface area contributed by atoms with Crippen LogP contribution in [-0.2, 0) is 0 Å². The maximum atomic E-state index is 13.2. The van der Waals surface area contributed by atoms with Crippen LogP contribution >= 0.6 is 0 Å². The zero-order valence-corrected chi connectivity index (χ0v) is 15.1. The van der Waals surface area contributed by atoms with Gasteiger partial charge in [-0.15, -0.1) is 0 Å². The zero-order valence-electron chi connectivity index (χ0n) is 15.1. The molecule has 2 bridgehead atoms. The Kier molecular flexibility index (Phi) is 3.96. The molecule has 27 heavy (non-hydrogen) atoms. The molecule has 5 rings (SSSR count). The van der Waals surface area contributed by atoms with Gasteiger partial charge in [0.05, 0.1) is 0 Å². The molecule has 0 aliphatic carbocycles. The molecular formula is C22H23NO4. The van der Waals surface area contributed by atoms with E-state index in [0.29, 0.717) is 41.9 Å². The van der Waals surface area contributed by atoms with Crippen molar-refractivity contribution in [3.8, 4) is 17.2 Å². The second-order valence-electron chi connectivity index (χ2n) is 7.72. The highest BCUT2D eigenvalue weighted by atomic mass is 16.6. The van der Waals surface area contributed by atoms with Crippen molar-refractivity contribution < 1.29 is 19.4 Å². The van der Waals surface area contributed by atoms with Gasteiger partial charge in [-0.25, -0.2) is 0 Å². The molecule has 1 unspecified atom stereocenters. The molecule has 2 saturated heterocycles. The summed E-state index contributed by atoms with van der Waals surface area (Å²) in [5.41, 5.74) is 1.94. The fourth-order valence-electron chi connectivity index (χ4n) is 4.85. The Morgan fingerprint density at radius 1 is 0.926 bits per heavy atom. The highest BCUT2D eigenvalue weighted by Crippen LogP contribution is 2.44. The standard InChI is InChI=1S/C22H23NO4/c24-19-6-1-14(2-7-19)16-11-17-4-5-18(12-16)23(17)22(25)15-3-8-20-21(13-15)27-10-9-26-20/h1-3,6-8,13,16-18,24H,4-5,9-12H2/t16?,17-,18+. The van der Waals surface area contributed by atoms with Crippen molar-refractivity contribution >= 4 is 5.91 Å². The Labute approximate surface area is 158 Å². The van der Waals surface area contributed by atoms with Crippen molar-refractivity contribution in [2.45, 2.75) is 43.7 Å². The summed E-state index contributed by atoms with van der Waals surface area (Å²) in [5.74, 6) is 2.23. The van der Waals surface area contributed by atoms with Gasteiger partial charge in [-0.3, -0.25) is 4.79 Å². The quantitative estimate of drug-likeness (QED) is 0.881. The number of hydrogen-bond donors (Lipinski definition) is 1. The number of hydrogen-bond acceptors (Lipinski definition) is 4. The van der Waals surface area contributed by atoms with Crippen LogP contribution in [0.15, 0.2) is 42.5 Å². The first-order chi connectivity index (χ1) is 13.2. The van der Waals surface area contributed by atoms with Gasteiger partial charge in [0, 0.05) is 17.6 Å². The summed E-state index contributed by atoms with van der Waals surface area (Å²) in [7, 11) is 0. The van der Waals surface area contributed by atoms with E-state index < -0.39 is 0 Å².